The minimum atomic E-state index is -4.75. The second kappa shape index (κ2) is 6.06. The van der Waals surface area contributed by atoms with Crippen molar-refractivity contribution in [1.29, 1.82) is 0 Å². The number of methoxy groups -OCH3 is 1. The molecule has 0 saturated heterocycles. The van der Waals surface area contributed by atoms with Gasteiger partial charge in [-0.1, -0.05) is 5.16 Å². The summed E-state index contributed by atoms with van der Waals surface area (Å²) in [6.45, 7) is 3.64. The maximum absolute atomic E-state index is 13.2. The van der Waals surface area contributed by atoms with Gasteiger partial charge in [0.2, 0.25) is 0 Å². The van der Waals surface area contributed by atoms with E-state index in [1.165, 1.54) is 7.05 Å². The standard InChI is InChI=1S/C13H16F3N3O3S/c1-12(2)5-8(18-22-12)23-6-7-9(13(14,15)16)17-11(21-4)19(3)10(7)20/h5-6H2,1-4H3. The Morgan fingerprint density at radius 2 is 2.09 bits per heavy atom. The van der Waals surface area contributed by atoms with Crippen LogP contribution in [-0.4, -0.2) is 27.3 Å². The van der Waals surface area contributed by atoms with Crippen LogP contribution in [0.2, 0.25) is 0 Å². The summed E-state index contributed by atoms with van der Waals surface area (Å²) in [6.07, 6.45) is -4.27. The molecule has 1 aromatic heterocycles. The Bertz CT molecular complexity index is 698. The first kappa shape index (κ1) is 17.6. The molecule has 0 aromatic carbocycles. The normalized spacial score (nSPS) is 16.9. The van der Waals surface area contributed by atoms with Crippen LogP contribution in [0.25, 0.3) is 0 Å². The van der Waals surface area contributed by atoms with Crippen molar-refractivity contribution in [3.05, 3.63) is 21.6 Å². The lowest BCUT2D eigenvalue weighted by atomic mass is 10.1. The van der Waals surface area contributed by atoms with Gasteiger partial charge in [0.25, 0.3) is 11.6 Å². The van der Waals surface area contributed by atoms with Crippen LogP contribution >= 0.6 is 11.8 Å². The lowest BCUT2D eigenvalue weighted by Gasteiger charge is -2.15. The van der Waals surface area contributed by atoms with Gasteiger partial charge in [-0.2, -0.15) is 18.2 Å². The van der Waals surface area contributed by atoms with Gasteiger partial charge in [0.05, 0.1) is 12.7 Å². The summed E-state index contributed by atoms with van der Waals surface area (Å²) < 4.78 is 45.2. The predicted molar refractivity (Wildman–Crippen MR) is 79.5 cm³/mol. The van der Waals surface area contributed by atoms with Gasteiger partial charge in [-0.05, 0) is 13.8 Å². The zero-order valence-corrected chi connectivity index (χ0v) is 13.8. The lowest BCUT2D eigenvalue weighted by Crippen LogP contribution is -2.29. The molecule has 0 bridgehead atoms. The predicted octanol–water partition coefficient (Wildman–Crippen LogP) is 2.55. The van der Waals surface area contributed by atoms with Crippen molar-refractivity contribution in [2.45, 2.75) is 37.8 Å². The van der Waals surface area contributed by atoms with Crippen LogP contribution in [0.3, 0.4) is 0 Å². The van der Waals surface area contributed by atoms with Crippen molar-refractivity contribution in [3.8, 4) is 6.01 Å². The molecule has 1 aromatic rings. The molecule has 0 saturated carbocycles. The second-order valence-corrected chi connectivity index (χ2v) is 6.64. The van der Waals surface area contributed by atoms with Crippen molar-refractivity contribution < 1.29 is 22.7 Å². The molecule has 0 atom stereocenters. The van der Waals surface area contributed by atoms with E-state index in [2.05, 4.69) is 10.1 Å². The quantitative estimate of drug-likeness (QED) is 0.837. The van der Waals surface area contributed by atoms with Crippen molar-refractivity contribution in [1.82, 2.24) is 9.55 Å². The van der Waals surface area contributed by atoms with Gasteiger partial charge in [-0.25, -0.2) is 0 Å². The second-order valence-electron chi connectivity index (χ2n) is 5.59. The third-order valence-electron chi connectivity index (χ3n) is 3.15. The molecule has 0 unspecified atom stereocenters. The van der Waals surface area contributed by atoms with E-state index in [9.17, 15) is 18.0 Å². The number of thioether (sulfide) groups is 1. The molecule has 0 radical (unpaired) electrons. The van der Waals surface area contributed by atoms with Crippen molar-refractivity contribution >= 4 is 16.8 Å². The molecule has 23 heavy (non-hydrogen) atoms. The molecule has 2 heterocycles. The topological polar surface area (TPSA) is 65.7 Å². The Morgan fingerprint density at radius 3 is 2.57 bits per heavy atom. The highest BCUT2D eigenvalue weighted by atomic mass is 32.2. The molecule has 0 fully saturated rings. The van der Waals surface area contributed by atoms with Gasteiger partial charge in [0.15, 0.2) is 5.69 Å². The molecule has 6 nitrogen and oxygen atoms in total. The highest BCUT2D eigenvalue weighted by Crippen LogP contribution is 2.34. The fourth-order valence-electron chi connectivity index (χ4n) is 2.01. The molecule has 2 rings (SSSR count). The summed E-state index contributed by atoms with van der Waals surface area (Å²) >= 11 is 1.04. The Labute approximate surface area is 134 Å². The summed E-state index contributed by atoms with van der Waals surface area (Å²) in [7, 11) is 2.46. The molecule has 10 heteroatoms. The summed E-state index contributed by atoms with van der Waals surface area (Å²) in [5.41, 5.74) is -2.95. The maximum atomic E-state index is 13.2. The highest BCUT2D eigenvalue weighted by Gasteiger charge is 2.38. The Balaban J connectivity index is 2.34. The minimum Gasteiger partial charge on any atom is -0.468 e. The molecular formula is C13H16F3N3O3S. The van der Waals surface area contributed by atoms with Gasteiger partial charge in [-0.3, -0.25) is 9.36 Å². The molecule has 0 spiro atoms. The number of nitrogens with zero attached hydrogens (tertiary/aromatic N) is 3. The van der Waals surface area contributed by atoms with Crippen LogP contribution in [0.15, 0.2) is 9.95 Å². The van der Waals surface area contributed by atoms with Crippen LogP contribution < -0.4 is 10.3 Å². The van der Waals surface area contributed by atoms with E-state index in [0.717, 1.165) is 23.4 Å². The average Bonchev–Trinajstić information content (AvgIpc) is 2.78. The van der Waals surface area contributed by atoms with Crippen LogP contribution in [0, 0.1) is 0 Å². The first-order valence-corrected chi connectivity index (χ1v) is 7.62. The number of halogens is 3. The van der Waals surface area contributed by atoms with E-state index in [-0.39, 0.29) is 5.75 Å². The number of aromatic nitrogens is 2. The van der Waals surface area contributed by atoms with E-state index < -0.39 is 34.6 Å². The van der Waals surface area contributed by atoms with Gasteiger partial charge < -0.3 is 9.57 Å². The molecule has 1 aliphatic rings. The fourth-order valence-corrected chi connectivity index (χ4v) is 3.12. The number of hydrogen-bond donors (Lipinski definition) is 0. The maximum Gasteiger partial charge on any atom is 0.434 e. The summed E-state index contributed by atoms with van der Waals surface area (Å²) in [5.74, 6) is -0.198. The Morgan fingerprint density at radius 1 is 1.43 bits per heavy atom. The number of oxime groups is 1. The van der Waals surface area contributed by atoms with Crippen LogP contribution in [0.1, 0.15) is 31.5 Å². The molecule has 128 valence electrons. The average molecular weight is 351 g/mol. The van der Waals surface area contributed by atoms with Crippen LogP contribution in [0.4, 0.5) is 13.2 Å². The Hall–Kier alpha value is -1.71. The van der Waals surface area contributed by atoms with Crippen molar-refractivity contribution in [2.75, 3.05) is 7.11 Å². The summed E-state index contributed by atoms with van der Waals surface area (Å²) in [4.78, 5) is 20.8. The van der Waals surface area contributed by atoms with Gasteiger partial charge in [-0.15, -0.1) is 11.8 Å². The Kier molecular flexibility index (Phi) is 4.65. The van der Waals surface area contributed by atoms with Gasteiger partial charge in [0, 0.05) is 19.2 Å². The number of rotatable bonds is 3. The summed E-state index contributed by atoms with van der Waals surface area (Å²) in [6, 6.07) is -0.390. The van der Waals surface area contributed by atoms with E-state index in [1.807, 2.05) is 13.8 Å². The van der Waals surface area contributed by atoms with Crippen molar-refractivity contribution in [3.63, 3.8) is 0 Å². The van der Waals surface area contributed by atoms with E-state index in [0.29, 0.717) is 11.5 Å². The van der Waals surface area contributed by atoms with E-state index in [4.69, 9.17) is 9.57 Å². The number of ether oxygens (including phenoxy) is 1. The van der Waals surface area contributed by atoms with Gasteiger partial charge >= 0.3 is 6.18 Å². The van der Waals surface area contributed by atoms with Crippen LogP contribution in [-0.2, 0) is 23.8 Å². The number of hydrogen-bond acceptors (Lipinski definition) is 6. The monoisotopic (exact) mass is 351 g/mol. The fraction of sp³-hybridized carbons (Fsp3) is 0.615. The van der Waals surface area contributed by atoms with E-state index >= 15 is 0 Å². The zero-order valence-electron chi connectivity index (χ0n) is 13.0. The smallest absolute Gasteiger partial charge is 0.434 e. The van der Waals surface area contributed by atoms with Crippen LogP contribution in [0.5, 0.6) is 6.01 Å². The highest BCUT2D eigenvalue weighted by molar-refractivity contribution is 8.13. The van der Waals surface area contributed by atoms with E-state index in [1.54, 1.807) is 0 Å². The molecule has 1 aliphatic heterocycles. The first-order chi connectivity index (χ1) is 10.5. The molecular weight excluding hydrogens is 335 g/mol. The lowest BCUT2D eigenvalue weighted by molar-refractivity contribution is -0.142. The first-order valence-electron chi connectivity index (χ1n) is 6.64. The zero-order chi connectivity index (χ0) is 17.4. The third-order valence-corrected chi connectivity index (χ3v) is 4.13. The SMILES string of the molecule is COc1nc(C(F)(F)F)c(CSC2=NOC(C)(C)C2)c(=O)n1C. The molecule has 0 aliphatic carbocycles. The summed E-state index contributed by atoms with van der Waals surface area (Å²) in [5, 5.41) is 4.37. The minimum absolute atomic E-state index is 0.198. The largest absolute Gasteiger partial charge is 0.468 e. The van der Waals surface area contributed by atoms with Crippen molar-refractivity contribution in [2.24, 2.45) is 12.2 Å². The molecule has 0 N–H and O–H groups in total. The third kappa shape index (κ3) is 3.80. The number of alkyl halides is 3. The molecule has 0 amide bonds. The van der Waals surface area contributed by atoms with Gasteiger partial charge in [0.1, 0.15) is 10.6 Å².